The van der Waals surface area contributed by atoms with Crippen LogP contribution in [0.15, 0.2) is 48.8 Å². The Labute approximate surface area is 219 Å². The minimum absolute atomic E-state index is 0.143. The van der Waals surface area contributed by atoms with E-state index in [0.717, 1.165) is 32.1 Å². The van der Waals surface area contributed by atoms with E-state index in [1.807, 2.05) is 6.07 Å². The van der Waals surface area contributed by atoms with E-state index in [2.05, 4.69) is 15.4 Å². The molecule has 3 N–H and O–H groups in total. The van der Waals surface area contributed by atoms with Crippen LogP contribution in [0.1, 0.15) is 54.6 Å². The van der Waals surface area contributed by atoms with Crippen molar-refractivity contribution >= 4 is 23.2 Å². The number of nitrogens with one attached hydrogen (secondary N) is 1. The van der Waals surface area contributed by atoms with Crippen molar-refractivity contribution in [3.63, 3.8) is 0 Å². The van der Waals surface area contributed by atoms with Gasteiger partial charge in [0.2, 0.25) is 5.60 Å². The Bertz CT molecular complexity index is 1350. The molecule has 198 valence electrons. The van der Waals surface area contributed by atoms with Crippen molar-refractivity contribution in [3.05, 3.63) is 60.0 Å². The zero-order valence-electron chi connectivity index (χ0n) is 20.7. The lowest BCUT2D eigenvalue weighted by molar-refractivity contribution is -0.158. The van der Waals surface area contributed by atoms with E-state index >= 15 is 0 Å². The van der Waals surface area contributed by atoms with Crippen LogP contribution >= 0.6 is 0 Å². The van der Waals surface area contributed by atoms with Gasteiger partial charge in [0.1, 0.15) is 30.1 Å². The number of aromatic nitrogens is 3. The lowest BCUT2D eigenvalue weighted by atomic mass is 9.87. The van der Waals surface area contributed by atoms with E-state index in [1.165, 1.54) is 16.9 Å². The number of anilines is 1. The van der Waals surface area contributed by atoms with Crippen LogP contribution in [0.4, 0.5) is 5.82 Å². The van der Waals surface area contributed by atoms with Crippen LogP contribution in [0.5, 0.6) is 0 Å². The summed E-state index contributed by atoms with van der Waals surface area (Å²) in [5.74, 6) is -0.467. The van der Waals surface area contributed by atoms with E-state index in [-0.39, 0.29) is 29.8 Å². The summed E-state index contributed by atoms with van der Waals surface area (Å²) in [7, 11) is 0. The van der Waals surface area contributed by atoms with Crippen molar-refractivity contribution in [1.82, 2.24) is 14.6 Å². The minimum atomic E-state index is -2.00. The number of nitrogens with zero attached hydrogens (tertiary/aromatic N) is 4. The van der Waals surface area contributed by atoms with Gasteiger partial charge in [-0.2, -0.15) is 10.4 Å². The van der Waals surface area contributed by atoms with Crippen molar-refractivity contribution < 1.29 is 29.3 Å². The van der Waals surface area contributed by atoms with Gasteiger partial charge in [-0.3, -0.25) is 9.59 Å². The Balaban J connectivity index is 1.41. The summed E-state index contributed by atoms with van der Waals surface area (Å²) in [5.41, 5.74) is -1.06. The lowest BCUT2D eigenvalue weighted by Gasteiger charge is -2.25. The summed E-state index contributed by atoms with van der Waals surface area (Å²) in [6.45, 7) is -0.571. The van der Waals surface area contributed by atoms with Crippen molar-refractivity contribution in [2.75, 3.05) is 11.9 Å². The normalized spacial score (nSPS) is 25.7. The quantitative estimate of drug-likeness (QED) is 0.398. The first-order valence-electron chi connectivity index (χ1n) is 12.7. The van der Waals surface area contributed by atoms with Crippen molar-refractivity contribution in [2.24, 2.45) is 5.92 Å². The molecule has 0 radical (unpaired) electrons. The Kier molecular flexibility index (Phi) is 7.37. The molecule has 1 saturated heterocycles. The summed E-state index contributed by atoms with van der Waals surface area (Å²) in [6, 6.07) is 13.7. The number of aliphatic hydroxyl groups is 2. The highest BCUT2D eigenvalue weighted by molar-refractivity contribution is 6.05. The number of aliphatic hydroxyl groups excluding tert-OH is 2. The average Bonchev–Trinajstić information content (AvgIpc) is 3.50. The van der Waals surface area contributed by atoms with Gasteiger partial charge in [-0.25, -0.2) is 9.50 Å². The molecule has 4 atom stereocenters. The predicted molar refractivity (Wildman–Crippen MR) is 134 cm³/mol. The summed E-state index contributed by atoms with van der Waals surface area (Å²) < 4.78 is 12.8. The SMILES string of the molecule is N#CC1(c2ccc3c(NC(=O)c4ccccc4)ncnn23)O[C@H](CO)[C@@H](OC(=O)CC2CCCCC2)[C@H]1O. The molecule has 3 aromatic rings. The van der Waals surface area contributed by atoms with E-state index in [9.17, 15) is 25.1 Å². The molecule has 1 saturated carbocycles. The third kappa shape index (κ3) is 4.74. The largest absolute Gasteiger partial charge is 0.457 e. The van der Waals surface area contributed by atoms with Gasteiger partial charge in [-0.1, -0.05) is 37.5 Å². The fourth-order valence-electron chi connectivity index (χ4n) is 5.36. The first-order chi connectivity index (χ1) is 18.5. The average molecular weight is 520 g/mol. The second-order valence-electron chi connectivity index (χ2n) is 9.74. The molecule has 0 spiro atoms. The van der Waals surface area contributed by atoms with Gasteiger partial charge in [0, 0.05) is 12.0 Å². The predicted octanol–water partition coefficient (Wildman–Crippen LogP) is 2.33. The number of benzene rings is 1. The first-order valence-corrected chi connectivity index (χ1v) is 12.7. The number of fused-ring (bicyclic) bond motifs is 1. The summed E-state index contributed by atoms with van der Waals surface area (Å²) >= 11 is 0. The molecule has 0 bridgehead atoms. The number of ether oxygens (including phenoxy) is 2. The van der Waals surface area contributed by atoms with Crippen LogP contribution in [0.3, 0.4) is 0 Å². The molecule has 1 aromatic carbocycles. The van der Waals surface area contributed by atoms with Gasteiger partial charge in [0.05, 0.1) is 12.3 Å². The smallest absolute Gasteiger partial charge is 0.306 e. The second-order valence-corrected chi connectivity index (χ2v) is 9.74. The van der Waals surface area contributed by atoms with Gasteiger partial charge < -0.3 is 25.0 Å². The molecular weight excluding hydrogens is 490 g/mol. The molecule has 3 heterocycles. The number of carbonyl (C=O) groups is 2. The van der Waals surface area contributed by atoms with Crippen LogP contribution in [-0.4, -0.2) is 61.6 Å². The van der Waals surface area contributed by atoms with E-state index in [1.54, 1.807) is 36.4 Å². The molecular formula is C27H29N5O6. The topological polar surface area (TPSA) is 159 Å². The maximum atomic E-state index is 12.7. The number of esters is 1. The fourth-order valence-corrected chi connectivity index (χ4v) is 5.36. The second kappa shape index (κ2) is 10.9. The van der Waals surface area contributed by atoms with Crippen LogP contribution in [0.2, 0.25) is 0 Å². The zero-order chi connectivity index (χ0) is 26.7. The minimum Gasteiger partial charge on any atom is -0.457 e. The van der Waals surface area contributed by atoms with Gasteiger partial charge in [-0.05, 0) is 43.0 Å². The molecule has 1 aliphatic heterocycles. The van der Waals surface area contributed by atoms with Gasteiger partial charge in [0.15, 0.2) is 11.9 Å². The maximum Gasteiger partial charge on any atom is 0.306 e. The number of nitriles is 1. The zero-order valence-corrected chi connectivity index (χ0v) is 20.7. The van der Waals surface area contributed by atoms with Crippen LogP contribution in [0, 0.1) is 17.2 Å². The number of hydrogen-bond donors (Lipinski definition) is 3. The highest BCUT2D eigenvalue weighted by Crippen LogP contribution is 2.42. The van der Waals surface area contributed by atoms with E-state index in [4.69, 9.17) is 9.47 Å². The third-order valence-corrected chi connectivity index (χ3v) is 7.33. The van der Waals surface area contributed by atoms with Crippen LogP contribution in [0.25, 0.3) is 5.52 Å². The lowest BCUT2D eigenvalue weighted by Crippen LogP contribution is -2.43. The molecule has 11 heteroatoms. The third-order valence-electron chi connectivity index (χ3n) is 7.33. The number of amides is 1. The van der Waals surface area contributed by atoms with Crippen LogP contribution < -0.4 is 5.32 Å². The molecule has 38 heavy (non-hydrogen) atoms. The Hall–Kier alpha value is -3.85. The first kappa shape index (κ1) is 25.8. The number of rotatable bonds is 7. The Morgan fingerprint density at radius 3 is 2.66 bits per heavy atom. The molecule has 2 aromatic heterocycles. The van der Waals surface area contributed by atoms with Crippen molar-refractivity contribution in [1.29, 1.82) is 5.26 Å². The number of hydrogen-bond acceptors (Lipinski definition) is 9. The maximum absolute atomic E-state index is 12.7. The molecule has 5 rings (SSSR count). The van der Waals surface area contributed by atoms with Crippen molar-refractivity contribution in [2.45, 2.75) is 62.4 Å². The Morgan fingerprint density at radius 2 is 1.95 bits per heavy atom. The monoisotopic (exact) mass is 519 g/mol. The molecule has 11 nitrogen and oxygen atoms in total. The van der Waals surface area contributed by atoms with Crippen molar-refractivity contribution in [3.8, 4) is 6.07 Å². The Morgan fingerprint density at radius 1 is 1.18 bits per heavy atom. The summed E-state index contributed by atoms with van der Waals surface area (Å²) in [5, 5.41) is 38.4. The fraction of sp³-hybridized carbons (Fsp3) is 0.444. The van der Waals surface area contributed by atoms with Crippen LogP contribution in [-0.2, 0) is 19.9 Å². The molecule has 1 aliphatic carbocycles. The van der Waals surface area contributed by atoms with E-state index in [0.29, 0.717) is 11.1 Å². The molecule has 1 unspecified atom stereocenters. The molecule has 2 fully saturated rings. The highest BCUT2D eigenvalue weighted by atomic mass is 16.6. The molecule has 1 amide bonds. The highest BCUT2D eigenvalue weighted by Gasteiger charge is 2.59. The summed E-state index contributed by atoms with van der Waals surface area (Å²) in [6.07, 6.45) is 2.64. The molecule has 2 aliphatic rings. The number of carbonyl (C=O) groups excluding carboxylic acids is 2. The van der Waals surface area contributed by atoms with E-state index < -0.39 is 36.5 Å². The summed E-state index contributed by atoms with van der Waals surface area (Å²) in [4.78, 5) is 29.6. The van der Waals surface area contributed by atoms with Gasteiger partial charge in [0.25, 0.3) is 5.91 Å². The van der Waals surface area contributed by atoms with Gasteiger partial charge >= 0.3 is 5.97 Å². The standard InChI is InChI=1S/C27H29N5O6/c28-15-27(24(35)23(20(14-33)38-27)37-22(34)13-17-7-3-1-4-8-17)21-12-11-19-25(29-16-30-32(19)21)31-26(36)18-9-5-2-6-10-18/h2,5-6,9-12,16-17,20,23-24,33,35H,1,3-4,7-8,13-14H2,(H,29,30,31,36)/t20-,23-,24-,27?/m1/s1. The van der Waals surface area contributed by atoms with Gasteiger partial charge in [-0.15, -0.1) is 0 Å².